The number of aromatic nitrogens is 1. The van der Waals surface area contributed by atoms with Crippen LogP contribution >= 0.6 is 11.3 Å². The molecule has 0 aliphatic rings. The first-order valence-electron chi connectivity index (χ1n) is 5.12. The van der Waals surface area contributed by atoms with Gasteiger partial charge in [-0.3, -0.25) is 4.79 Å². The monoisotopic (exact) mass is 251 g/mol. The number of hydrogen-bond acceptors (Lipinski definition) is 5. The third-order valence-corrected chi connectivity index (χ3v) is 3.30. The van der Waals surface area contributed by atoms with E-state index < -0.39 is 0 Å². The number of nitrogens with two attached hydrogens (primary N) is 1. The lowest BCUT2D eigenvalue weighted by Crippen LogP contribution is -2.22. The maximum Gasteiger partial charge on any atom is 0.263 e. The van der Waals surface area contributed by atoms with Crippen molar-refractivity contribution in [3.63, 3.8) is 0 Å². The third-order valence-electron chi connectivity index (χ3n) is 2.37. The van der Waals surface area contributed by atoms with Crippen LogP contribution < -0.4 is 11.1 Å². The van der Waals surface area contributed by atoms with Gasteiger partial charge < -0.3 is 15.5 Å². The molecule has 0 aromatic carbocycles. The summed E-state index contributed by atoms with van der Waals surface area (Å²) < 4.78 is 5.36. The molecule has 3 N–H and O–H groups in total. The van der Waals surface area contributed by atoms with Gasteiger partial charge in [0.1, 0.15) is 10.6 Å². The molecule has 0 unspecified atom stereocenters. The van der Waals surface area contributed by atoms with Crippen molar-refractivity contribution in [3.05, 3.63) is 33.7 Å². The summed E-state index contributed by atoms with van der Waals surface area (Å²) in [7, 11) is 0. The molecule has 6 heteroatoms. The molecular formula is C11H13N3O2S. The molecule has 0 aliphatic carbocycles. The number of carbonyl (C=O) groups excluding carboxylic acids is 1. The Kier molecular flexibility index (Phi) is 3.14. The lowest BCUT2D eigenvalue weighted by molar-refractivity contribution is 0.0952. The SMILES string of the molecule is Cc1nc(CNC(=O)c2sccc2N)oc1C. The van der Waals surface area contributed by atoms with Crippen molar-refractivity contribution in [1.82, 2.24) is 10.3 Å². The smallest absolute Gasteiger partial charge is 0.263 e. The van der Waals surface area contributed by atoms with Crippen molar-refractivity contribution >= 4 is 22.9 Å². The van der Waals surface area contributed by atoms with Crippen LogP contribution in [-0.4, -0.2) is 10.9 Å². The van der Waals surface area contributed by atoms with Crippen LogP contribution in [0.3, 0.4) is 0 Å². The zero-order chi connectivity index (χ0) is 12.4. The first-order valence-corrected chi connectivity index (χ1v) is 6.00. The van der Waals surface area contributed by atoms with Gasteiger partial charge in [0.15, 0.2) is 0 Å². The molecule has 1 amide bonds. The molecule has 2 aromatic heterocycles. The molecular weight excluding hydrogens is 238 g/mol. The van der Waals surface area contributed by atoms with E-state index >= 15 is 0 Å². The first kappa shape index (κ1) is 11.7. The van der Waals surface area contributed by atoms with Crippen molar-refractivity contribution in [2.75, 3.05) is 5.73 Å². The van der Waals surface area contributed by atoms with Gasteiger partial charge in [-0.1, -0.05) is 0 Å². The van der Waals surface area contributed by atoms with E-state index in [1.807, 2.05) is 13.8 Å². The van der Waals surface area contributed by atoms with Gasteiger partial charge in [0.2, 0.25) is 5.89 Å². The normalized spacial score (nSPS) is 10.5. The van der Waals surface area contributed by atoms with Crippen LogP contribution in [0.5, 0.6) is 0 Å². The highest BCUT2D eigenvalue weighted by Gasteiger charge is 2.12. The van der Waals surface area contributed by atoms with Crippen molar-refractivity contribution in [2.24, 2.45) is 0 Å². The highest BCUT2D eigenvalue weighted by atomic mass is 32.1. The van der Waals surface area contributed by atoms with Gasteiger partial charge >= 0.3 is 0 Å². The topological polar surface area (TPSA) is 81.2 Å². The molecule has 0 saturated carbocycles. The van der Waals surface area contributed by atoms with Crippen LogP contribution in [0.1, 0.15) is 27.0 Å². The van der Waals surface area contributed by atoms with Gasteiger partial charge in [-0.2, -0.15) is 0 Å². The van der Waals surface area contributed by atoms with E-state index in [0.29, 0.717) is 16.5 Å². The molecule has 5 nitrogen and oxygen atoms in total. The zero-order valence-corrected chi connectivity index (χ0v) is 10.4. The second-order valence-corrected chi connectivity index (χ2v) is 4.55. The minimum atomic E-state index is -0.203. The van der Waals surface area contributed by atoms with E-state index in [1.165, 1.54) is 11.3 Å². The zero-order valence-electron chi connectivity index (χ0n) is 9.61. The molecule has 0 saturated heterocycles. The van der Waals surface area contributed by atoms with E-state index in [4.69, 9.17) is 10.2 Å². The van der Waals surface area contributed by atoms with Crippen molar-refractivity contribution in [3.8, 4) is 0 Å². The Morgan fingerprint density at radius 1 is 1.59 bits per heavy atom. The Bertz CT molecular complexity index is 525. The van der Waals surface area contributed by atoms with Crippen LogP contribution in [0, 0.1) is 13.8 Å². The van der Waals surface area contributed by atoms with Gasteiger partial charge in [-0.05, 0) is 25.3 Å². The van der Waals surface area contributed by atoms with E-state index in [-0.39, 0.29) is 12.5 Å². The number of aryl methyl sites for hydroxylation is 2. The summed E-state index contributed by atoms with van der Waals surface area (Å²) in [5.74, 6) is 1.07. The van der Waals surface area contributed by atoms with Gasteiger partial charge in [0, 0.05) is 0 Å². The minimum absolute atomic E-state index is 0.203. The maximum atomic E-state index is 11.7. The molecule has 2 aromatic rings. The van der Waals surface area contributed by atoms with Crippen molar-refractivity contribution < 1.29 is 9.21 Å². The fourth-order valence-electron chi connectivity index (χ4n) is 1.35. The molecule has 0 bridgehead atoms. The van der Waals surface area contributed by atoms with Crippen LogP contribution in [-0.2, 0) is 6.54 Å². The fourth-order valence-corrected chi connectivity index (χ4v) is 2.09. The van der Waals surface area contributed by atoms with Gasteiger partial charge in [0.25, 0.3) is 5.91 Å². The summed E-state index contributed by atoms with van der Waals surface area (Å²) in [6.45, 7) is 3.97. The maximum absolute atomic E-state index is 11.7. The predicted molar refractivity (Wildman–Crippen MR) is 65.9 cm³/mol. The lowest BCUT2D eigenvalue weighted by atomic mass is 10.4. The number of thiophene rings is 1. The largest absolute Gasteiger partial charge is 0.444 e. The number of rotatable bonds is 3. The highest BCUT2D eigenvalue weighted by Crippen LogP contribution is 2.18. The number of hydrogen-bond donors (Lipinski definition) is 2. The van der Waals surface area contributed by atoms with E-state index in [0.717, 1.165) is 11.5 Å². The Hall–Kier alpha value is -1.82. The lowest BCUT2D eigenvalue weighted by Gasteiger charge is -2.01. The molecule has 0 atom stereocenters. The predicted octanol–water partition coefficient (Wildman–Crippen LogP) is 1.87. The summed E-state index contributed by atoms with van der Waals surface area (Å²) in [4.78, 5) is 16.4. The summed E-state index contributed by atoms with van der Waals surface area (Å²) in [6.07, 6.45) is 0. The van der Waals surface area contributed by atoms with Crippen LogP contribution in [0.15, 0.2) is 15.9 Å². The van der Waals surface area contributed by atoms with Gasteiger partial charge in [-0.15, -0.1) is 11.3 Å². The third kappa shape index (κ3) is 2.47. The number of nitrogens with one attached hydrogen (secondary N) is 1. The Labute approximate surface area is 103 Å². The molecule has 0 fully saturated rings. The molecule has 0 radical (unpaired) electrons. The number of nitrogens with zero attached hydrogens (tertiary/aromatic N) is 1. The quantitative estimate of drug-likeness (QED) is 0.872. The molecule has 2 rings (SSSR count). The molecule has 90 valence electrons. The second-order valence-electron chi connectivity index (χ2n) is 3.64. The van der Waals surface area contributed by atoms with Crippen molar-refractivity contribution in [2.45, 2.75) is 20.4 Å². The fraction of sp³-hybridized carbons (Fsp3) is 0.273. The number of amides is 1. The second kappa shape index (κ2) is 4.58. The van der Waals surface area contributed by atoms with E-state index in [2.05, 4.69) is 10.3 Å². The molecule has 0 aliphatic heterocycles. The summed E-state index contributed by atoms with van der Waals surface area (Å²) in [5, 5.41) is 4.50. The van der Waals surface area contributed by atoms with E-state index in [9.17, 15) is 4.79 Å². The number of anilines is 1. The van der Waals surface area contributed by atoms with E-state index in [1.54, 1.807) is 11.4 Å². The summed E-state index contributed by atoms with van der Waals surface area (Å²) in [5.41, 5.74) is 6.98. The number of nitrogen functional groups attached to an aromatic ring is 1. The number of carbonyl (C=O) groups is 1. The van der Waals surface area contributed by atoms with Crippen molar-refractivity contribution in [1.29, 1.82) is 0 Å². The summed E-state index contributed by atoms with van der Waals surface area (Å²) >= 11 is 1.31. The Morgan fingerprint density at radius 2 is 2.35 bits per heavy atom. The molecule has 2 heterocycles. The minimum Gasteiger partial charge on any atom is -0.444 e. The van der Waals surface area contributed by atoms with Crippen LogP contribution in [0.25, 0.3) is 0 Å². The summed E-state index contributed by atoms with van der Waals surface area (Å²) in [6, 6.07) is 1.71. The highest BCUT2D eigenvalue weighted by molar-refractivity contribution is 7.12. The Morgan fingerprint density at radius 3 is 2.88 bits per heavy atom. The molecule has 17 heavy (non-hydrogen) atoms. The standard InChI is InChI=1S/C11H13N3O2S/c1-6-7(2)16-9(14-6)5-13-11(15)10-8(12)3-4-17-10/h3-4H,5,12H2,1-2H3,(H,13,15). The van der Waals surface area contributed by atoms with Crippen LogP contribution in [0.4, 0.5) is 5.69 Å². The number of oxazole rings is 1. The Balaban J connectivity index is 1.99. The average molecular weight is 251 g/mol. The van der Waals surface area contributed by atoms with Gasteiger partial charge in [0.05, 0.1) is 17.9 Å². The average Bonchev–Trinajstić information content (AvgIpc) is 2.83. The van der Waals surface area contributed by atoms with Gasteiger partial charge in [-0.25, -0.2) is 4.98 Å². The first-order chi connectivity index (χ1) is 8.08. The molecule has 0 spiro atoms. The van der Waals surface area contributed by atoms with Crippen LogP contribution in [0.2, 0.25) is 0 Å².